The molecule has 0 aromatic heterocycles. The minimum atomic E-state index is -3.29. The van der Waals surface area contributed by atoms with E-state index in [0.29, 0.717) is 5.69 Å². The molecule has 1 aliphatic heterocycles. The van der Waals surface area contributed by atoms with Gasteiger partial charge in [0.1, 0.15) is 0 Å². The van der Waals surface area contributed by atoms with Crippen molar-refractivity contribution in [3.63, 3.8) is 0 Å². The quantitative estimate of drug-likeness (QED) is 0.895. The van der Waals surface area contributed by atoms with Gasteiger partial charge in [-0.2, -0.15) is 0 Å². The molecule has 1 amide bonds. The van der Waals surface area contributed by atoms with E-state index in [1.807, 2.05) is 30.0 Å². The van der Waals surface area contributed by atoms with Crippen molar-refractivity contribution in [1.29, 1.82) is 0 Å². The number of sulfone groups is 1. The summed E-state index contributed by atoms with van der Waals surface area (Å²) in [4.78, 5) is 15.0. The first-order valence-electron chi connectivity index (χ1n) is 8.72. The second-order valence-corrected chi connectivity index (χ2v) is 8.90. The van der Waals surface area contributed by atoms with E-state index in [4.69, 9.17) is 0 Å². The van der Waals surface area contributed by atoms with Gasteiger partial charge in [-0.25, -0.2) is 8.42 Å². The summed E-state index contributed by atoms with van der Waals surface area (Å²) in [5.74, 6) is -0.0196. The number of rotatable bonds is 4. The van der Waals surface area contributed by atoms with Crippen LogP contribution in [0.25, 0.3) is 0 Å². The van der Waals surface area contributed by atoms with Crippen molar-refractivity contribution >= 4 is 27.1 Å². The molecule has 0 fully saturated rings. The van der Waals surface area contributed by atoms with Gasteiger partial charge in [-0.3, -0.25) is 4.79 Å². The van der Waals surface area contributed by atoms with Gasteiger partial charge in [-0.1, -0.05) is 24.3 Å². The van der Waals surface area contributed by atoms with E-state index in [9.17, 15) is 13.2 Å². The molecule has 5 nitrogen and oxygen atoms in total. The maximum absolute atomic E-state index is 12.9. The van der Waals surface area contributed by atoms with Gasteiger partial charge in [0.05, 0.1) is 11.4 Å². The third-order valence-corrected chi connectivity index (χ3v) is 5.97. The van der Waals surface area contributed by atoms with Crippen molar-refractivity contribution in [3.8, 4) is 0 Å². The van der Waals surface area contributed by atoms with Crippen molar-refractivity contribution < 1.29 is 13.2 Å². The van der Waals surface area contributed by atoms with Crippen LogP contribution >= 0.6 is 0 Å². The van der Waals surface area contributed by atoms with Gasteiger partial charge in [0, 0.05) is 23.7 Å². The first-order chi connectivity index (χ1) is 12.3. The van der Waals surface area contributed by atoms with E-state index >= 15 is 0 Å². The van der Waals surface area contributed by atoms with Crippen LogP contribution in [-0.4, -0.2) is 33.2 Å². The number of aryl methyl sites for hydroxylation is 2. The lowest BCUT2D eigenvalue weighted by molar-refractivity contribution is -0.117. The predicted octanol–water partition coefficient (Wildman–Crippen LogP) is 3.18. The molecule has 26 heavy (non-hydrogen) atoms. The van der Waals surface area contributed by atoms with Crippen molar-refractivity contribution in [3.05, 3.63) is 53.6 Å². The summed E-state index contributed by atoms with van der Waals surface area (Å²) < 4.78 is 23.5. The molecule has 138 valence electrons. The fourth-order valence-corrected chi connectivity index (χ4v) is 3.99. The van der Waals surface area contributed by atoms with Gasteiger partial charge in [0.2, 0.25) is 5.91 Å². The molecule has 6 heteroatoms. The van der Waals surface area contributed by atoms with Crippen LogP contribution in [-0.2, 0) is 21.1 Å². The fraction of sp³-hybridized carbons (Fsp3) is 0.350. The zero-order chi connectivity index (χ0) is 18.9. The lowest BCUT2D eigenvalue weighted by atomic mass is 9.96. The number of carbonyl (C=O) groups is 1. The molecule has 0 unspecified atom stereocenters. The molecule has 1 N–H and O–H groups in total. The Balaban J connectivity index is 1.80. The number of hydrogen-bond acceptors (Lipinski definition) is 4. The van der Waals surface area contributed by atoms with Crippen LogP contribution in [0, 0.1) is 6.92 Å². The second-order valence-electron chi connectivity index (χ2n) is 6.88. The van der Waals surface area contributed by atoms with E-state index in [1.165, 1.54) is 11.8 Å². The van der Waals surface area contributed by atoms with E-state index in [0.717, 1.165) is 24.1 Å². The number of nitrogens with zero attached hydrogens (tertiary/aromatic N) is 1. The zero-order valence-electron chi connectivity index (χ0n) is 15.3. The third-order valence-electron chi connectivity index (χ3n) is 4.86. The molecule has 0 saturated heterocycles. The van der Waals surface area contributed by atoms with Gasteiger partial charge >= 0.3 is 0 Å². The van der Waals surface area contributed by atoms with Crippen LogP contribution in [0.15, 0.2) is 47.4 Å². The van der Waals surface area contributed by atoms with Gasteiger partial charge in [0.25, 0.3) is 0 Å². The SMILES string of the molecule is Cc1ccc(S(C)(=O)=O)cc1NCC(=O)N1c2ccccc2CC[C@H]1C. The highest BCUT2D eigenvalue weighted by Crippen LogP contribution is 2.30. The summed E-state index contributed by atoms with van der Waals surface area (Å²) in [5, 5.41) is 3.12. The van der Waals surface area contributed by atoms with E-state index in [2.05, 4.69) is 18.3 Å². The van der Waals surface area contributed by atoms with Crippen LogP contribution in [0.5, 0.6) is 0 Å². The largest absolute Gasteiger partial charge is 0.376 e. The maximum Gasteiger partial charge on any atom is 0.246 e. The Hall–Kier alpha value is -2.34. The smallest absolute Gasteiger partial charge is 0.246 e. The van der Waals surface area contributed by atoms with Crippen LogP contribution in [0.2, 0.25) is 0 Å². The molecule has 1 aliphatic rings. The summed E-state index contributed by atoms with van der Waals surface area (Å²) >= 11 is 0. The van der Waals surface area contributed by atoms with Gasteiger partial charge < -0.3 is 10.2 Å². The number of fused-ring (bicyclic) bond motifs is 1. The molecule has 2 aromatic carbocycles. The highest BCUT2D eigenvalue weighted by atomic mass is 32.2. The predicted molar refractivity (Wildman–Crippen MR) is 104 cm³/mol. The Morgan fingerprint density at radius 3 is 2.69 bits per heavy atom. The van der Waals surface area contributed by atoms with Crippen molar-refractivity contribution in [2.75, 3.05) is 23.0 Å². The van der Waals surface area contributed by atoms with Gasteiger partial charge in [0.15, 0.2) is 9.84 Å². The number of benzene rings is 2. The monoisotopic (exact) mass is 372 g/mol. The minimum absolute atomic E-state index is 0.0196. The average molecular weight is 372 g/mol. The topological polar surface area (TPSA) is 66.5 Å². The summed E-state index contributed by atoms with van der Waals surface area (Å²) in [6, 6.07) is 13.1. The van der Waals surface area contributed by atoms with E-state index < -0.39 is 9.84 Å². The number of nitrogens with one attached hydrogen (secondary N) is 1. The third kappa shape index (κ3) is 3.75. The van der Waals surface area contributed by atoms with Crippen molar-refractivity contribution in [2.45, 2.75) is 37.6 Å². The van der Waals surface area contributed by atoms with Crippen LogP contribution < -0.4 is 10.2 Å². The Bertz CT molecular complexity index is 938. The molecule has 1 atom stereocenters. The first kappa shape index (κ1) is 18.5. The fourth-order valence-electron chi connectivity index (χ4n) is 3.35. The first-order valence-corrected chi connectivity index (χ1v) is 10.6. The number of amides is 1. The normalized spacial score (nSPS) is 16.9. The van der Waals surface area contributed by atoms with Crippen LogP contribution in [0.1, 0.15) is 24.5 Å². The molecule has 0 spiro atoms. The number of anilines is 2. The van der Waals surface area contributed by atoms with E-state index in [-0.39, 0.29) is 23.4 Å². The standard InChI is InChI=1S/C20H24N2O3S/c1-14-8-11-17(26(3,24)25)12-18(14)21-13-20(23)22-15(2)9-10-16-6-4-5-7-19(16)22/h4-8,11-12,15,21H,9-10,13H2,1-3H3/t15-/m1/s1. The highest BCUT2D eigenvalue weighted by molar-refractivity contribution is 7.90. The summed E-state index contributed by atoms with van der Waals surface area (Å²) in [7, 11) is -3.29. The highest BCUT2D eigenvalue weighted by Gasteiger charge is 2.27. The second kappa shape index (κ2) is 7.11. The summed E-state index contributed by atoms with van der Waals surface area (Å²) in [6.45, 7) is 4.06. The Morgan fingerprint density at radius 2 is 1.96 bits per heavy atom. The molecule has 1 heterocycles. The Labute approximate surface area is 154 Å². The maximum atomic E-state index is 12.9. The molecule has 2 aromatic rings. The average Bonchev–Trinajstić information content (AvgIpc) is 2.59. The van der Waals surface area contributed by atoms with E-state index in [1.54, 1.807) is 18.2 Å². The number of hydrogen-bond donors (Lipinski definition) is 1. The number of para-hydroxylation sites is 1. The van der Waals surface area contributed by atoms with Crippen molar-refractivity contribution in [2.24, 2.45) is 0 Å². The molecule has 0 bridgehead atoms. The molecule has 0 radical (unpaired) electrons. The van der Waals surface area contributed by atoms with Crippen LogP contribution in [0.4, 0.5) is 11.4 Å². The van der Waals surface area contributed by atoms with Gasteiger partial charge in [-0.15, -0.1) is 0 Å². The van der Waals surface area contributed by atoms with Crippen LogP contribution in [0.3, 0.4) is 0 Å². The molecule has 0 aliphatic carbocycles. The Morgan fingerprint density at radius 1 is 1.23 bits per heavy atom. The number of carbonyl (C=O) groups excluding carboxylic acids is 1. The Kier molecular flexibility index (Phi) is 5.05. The summed E-state index contributed by atoms with van der Waals surface area (Å²) in [5.41, 5.74) is 3.73. The lowest BCUT2D eigenvalue weighted by Gasteiger charge is -2.35. The molecule has 3 rings (SSSR count). The molecular weight excluding hydrogens is 348 g/mol. The molecular formula is C20H24N2O3S. The van der Waals surface area contributed by atoms with Gasteiger partial charge in [-0.05, 0) is 56.0 Å². The zero-order valence-corrected chi connectivity index (χ0v) is 16.1. The summed E-state index contributed by atoms with van der Waals surface area (Å²) in [6.07, 6.45) is 3.09. The lowest BCUT2D eigenvalue weighted by Crippen LogP contribution is -2.44. The van der Waals surface area contributed by atoms with Crippen molar-refractivity contribution in [1.82, 2.24) is 0 Å². The molecule has 0 saturated carbocycles. The minimum Gasteiger partial charge on any atom is -0.376 e.